The molecule has 1 amide bonds. The summed E-state index contributed by atoms with van der Waals surface area (Å²) in [6.45, 7) is 0.440. The van der Waals surface area contributed by atoms with Gasteiger partial charge >= 0.3 is 6.18 Å². The lowest BCUT2D eigenvalue weighted by Gasteiger charge is -2.20. The Labute approximate surface area is 157 Å². The lowest BCUT2D eigenvalue weighted by molar-refractivity contribution is -0.143. The van der Waals surface area contributed by atoms with Gasteiger partial charge < -0.3 is 15.5 Å². The van der Waals surface area contributed by atoms with Crippen molar-refractivity contribution in [3.05, 3.63) is 30.3 Å². The van der Waals surface area contributed by atoms with Crippen LogP contribution in [0.2, 0.25) is 0 Å². The number of amides is 1. The number of benzene rings is 1. The second kappa shape index (κ2) is 9.59. The number of para-hydroxylation sites is 1. The molecule has 1 aliphatic heterocycles. The van der Waals surface area contributed by atoms with Crippen molar-refractivity contribution in [3.63, 3.8) is 0 Å². The fourth-order valence-electron chi connectivity index (χ4n) is 2.99. The topological polar surface area (TPSA) is 60.0 Å². The molecule has 1 saturated heterocycles. The quantitative estimate of drug-likeness (QED) is 0.427. The highest BCUT2D eigenvalue weighted by Crippen LogP contribution is 2.21. The molecule has 2 N–H and O–H groups in total. The lowest BCUT2D eigenvalue weighted by Crippen LogP contribution is -2.45. The molecule has 1 aromatic carbocycles. The van der Waals surface area contributed by atoms with Gasteiger partial charge in [-0.05, 0) is 32.1 Å². The summed E-state index contributed by atoms with van der Waals surface area (Å²) in [5, 5.41) is 6.29. The van der Waals surface area contributed by atoms with E-state index in [9.17, 15) is 18.0 Å². The van der Waals surface area contributed by atoms with E-state index >= 15 is 0 Å². The molecule has 1 unspecified atom stereocenters. The SMILES string of the molecule is CN=C(NCCCN(C)CC(F)(F)F)NC1CC(=O)N(c2ccccc2)C1. The Morgan fingerprint density at radius 3 is 2.67 bits per heavy atom. The summed E-state index contributed by atoms with van der Waals surface area (Å²) in [6, 6.07) is 9.39. The van der Waals surface area contributed by atoms with E-state index in [2.05, 4.69) is 15.6 Å². The van der Waals surface area contributed by atoms with Gasteiger partial charge in [0.1, 0.15) is 0 Å². The molecule has 1 aromatic rings. The minimum atomic E-state index is -4.18. The number of anilines is 1. The standard InChI is InChI=1S/C18H26F3N5O/c1-22-17(23-9-6-10-25(2)13-18(19,20)21)24-14-11-16(27)26(12-14)15-7-4-3-5-8-15/h3-5,7-8,14H,6,9-13H2,1-2H3,(H2,22,23,24). The van der Waals surface area contributed by atoms with E-state index in [0.717, 1.165) is 5.69 Å². The van der Waals surface area contributed by atoms with Crippen LogP contribution in [0, 0.1) is 0 Å². The molecular weight excluding hydrogens is 359 g/mol. The first-order valence-electron chi connectivity index (χ1n) is 8.86. The van der Waals surface area contributed by atoms with Crippen LogP contribution in [0.5, 0.6) is 0 Å². The highest BCUT2D eigenvalue weighted by molar-refractivity contribution is 5.97. The third-order valence-electron chi connectivity index (χ3n) is 4.22. The number of rotatable bonds is 7. The predicted molar refractivity (Wildman–Crippen MR) is 99.9 cm³/mol. The van der Waals surface area contributed by atoms with Crippen LogP contribution >= 0.6 is 0 Å². The zero-order chi connectivity index (χ0) is 19.9. The number of halogens is 3. The first-order valence-corrected chi connectivity index (χ1v) is 8.86. The molecule has 1 fully saturated rings. The Bertz CT molecular complexity index is 636. The molecule has 1 atom stereocenters. The van der Waals surface area contributed by atoms with E-state index in [0.29, 0.717) is 38.4 Å². The Morgan fingerprint density at radius 1 is 1.33 bits per heavy atom. The highest BCUT2D eigenvalue weighted by atomic mass is 19.4. The fraction of sp³-hybridized carbons (Fsp3) is 0.556. The number of nitrogens with zero attached hydrogens (tertiary/aromatic N) is 3. The number of alkyl halides is 3. The van der Waals surface area contributed by atoms with E-state index in [4.69, 9.17) is 0 Å². The van der Waals surface area contributed by atoms with Gasteiger partial charge in [0.15, 0.2) is 5.96 Å². The molecule has 0 radical (unpaired) electrons. The van der Waals surface area contributed by atoms with Crippen molar-refractivity contribution in [1.82, 2.24) is 15.5 Å². The smallest absolute Gasteiger partial charge is 0.356 e. The lowest BCUT2D eigenvalue weighted by atomic mass is 10.2. The first kappa shape index (κ1) is 21.0. The molecule has 0 aromatic heterocycles. The minimum Gasteiger partial charge on any atom is -0.356 e. The van der Waals surface area contributed by atoms with E-state index in [1.807, 2.05) is 30.3 Å². The maximum absolute atomic E-state index is 12.3. The van der Waals surface area contributed by atoms with Crippen LogP contribution in [0.4, 0.5) is 18.9 Å². The van der Waals surface area contributed by atoms with E-state index in [1.165, 1.54) is 11.9 Å². The second-order valence-corrected chi connectivity index (χ2v) is 6.59. The Kier molecular flexibility index (Phi) is 7.46. The second-order valence-electron chi connectivity index (χ2n) is 6.59. The molecule has 0 aliphatic carbocycles. The molecule has 6 nitrogen and oxygen atoms in total. The Balaban J connectivity index is 1.73. The van der Waals surface area contributed by atoms with Crippen LogP contribution < -0.4 is 15.5 Å². The van der Waals surface area contributed by atoms with Gasteiger partial charge in [-0.1, -0.05) is 18.2 Å². The summed E-state index contributed by atoms with van der Waals surface area (Å²) in [4.78, 5) is 19.3. The van der Waals surface area contributed by atoms with Crippen molar-refractivity contribution >= 4 is 17.6 Å². The van der Waals surface area contributed by atoms with Gasteiger partial charge in [0.05, 0.1) is 12.6 Å². The van der Waals surface area contributed by atoms with Crippen LogP contribution in [0.15, 0.2) is 35.3 Å². The number of carbonyl (C=O) groups excluding carboxylic acids is 1. The Morgan fingerprint density at radius 2 is 2.04 bits per heavy atom. The normalized spacial score (nSPS) is 18.3. The van der Waals surface area contributed by atoms with Gasteiger partial charge in [-0.3, -0.25) is 14.7 Å². The molecule has 1 heterocycles. The van der Waals surface area contributed by atoms with Crippen molar-refractivity contribution in [2.24, 2.45) is 4.99 Å². The molecule has 27 heavy (non-hydrogen) atoms. The maximum atomic E-state index is 12.3. The van der Waals surface area contributed by atoms with Crippen molar-refractivity contribution in [3.8, 4) is 0 Å². The van der Waals surface area contributed by atoms with Gasteiger partial charge in [0, 0.05) is 32.2 Å². The predicted octanol–water partition coefficient (Wildman–Crippen LogP) is 1.84. The van der Waals surface area contributed by atoms with Crippen molar-refractivity contribution in [2.45, 2.75) is 25.1 Å². The average Bonchev–Trinajstić information content (AvgIpc) is 2.97. The number of hydrogen-bond donors (Lipinski definition) is 2. The van der Waals surface area contributed by atoms with Gasteiger partial charge in [-0.25, -0.2) is 0 Å². The van der Waals surface area contributed by atoms with Crippen LogP contribution in [0.25, 0.3) is 0 Å². The number of hydrogen-bond acceptors (Lipinski definition) is 3. The molecule has 0 saturated carbocycles. The zero-order valence-electron chi connectivity index (χ0n) is 15.6. The van der Waals surface area contributed by atoms with E-state index < -0.39 is 12.7 Å². The molecule has 2 rings (SSSR count). The summed E-state index contributed by atoms with van der Waals surface area (Å²) in [5.41, 5.74) is 0.863. The third-order valence-corrected chi connectivity index (χ3v) is 4.22. The molecule has 9 heteroatoms. The van der Waals surface area contributed by atoms with Crippen LogP contribution in [0.1, 0.15) is 12.8 Å². The Hall–Kier alpha value is -2.29. The summed E-state index contributed by atoms with van der Waals surface area (Å²) < 4.78 is 36.9. The summed E-state index contributed by atoms with van der Waals surface area (Å²) >= 11 is 0. The van der Waals surface area contributed by atoms with Crippen LogP contribution in [0.3, 0.4) is 0 Å². The monoisotopic (exact) mass is 385 g/mol. The average molecular weight is 385 g/mol. The number of guanidine groups is 1. The molecule has 0 bridgehead atoms. The largest absolute Gasteiger partial charge is 0.401 e. The summed E-state index contributed by atoms with van der Waals surface area (Å²) in [7, 11) is 3.07. The van der Waals surface area contributed by atoms with Gasteiger partial charge in [-0.2, -0.15) is 13.2 Å². The highest BCUT2D eigenvalue weighted by Gasteiger charge is 2.31. The summed E-state index contributed by atoms with van der Waals surface area (Å²) in [5.74, 6) is 0.587. The van der Waals surface area contributed by atoms with E-state index in [1.54, 1.807) is 11.9 Å². The van der Waals surface area contributed by atoms with Crippen molar-refractivity contribution < 1.29 is 18.0 Å². The maximum Gasteiger partial charge on any atom is 0.401 e. The number of carbonyl (C=O) groups is 1. The third kappa shape index (κ3) is 7.09. The minimum absolute atomic E-state index is 0.0444. The molecule has 0 spiro atoms. The van der Waals surface area contributed by atoms with Gasteiger partial charge in [0.25, 0.3) is 0 Å². The summed E-state index contributed by atoms with van der Waals surface area (Å²) in [6.07, 6.45) is -3.27. The molecule has 1 aliphatic rings. The van der Waals surface area contributed by atoms with E-state index in [-0.39, 0.29) is 11.9 Å². The molecular formula is C18H26F3N5O. The first-order chi connectivity index (χ1) is 12.8. The van der Waals surface area contributed by atoms with Gasteiger partial charge in [-0.15, -0.1) is 0 Å². The number of nitrogens with one attached hydrogen (secondary N) is 2. The zero-order valence-corrected chi connectivity index (χ0v) is 15.6. The fourth-order valence-corrected chi connectivity index (χ4v) is 2.99. The molecule has 150 valence electrons. The van der Waals surface area contributed by atoms with Crippen LogP contribution in [-0.4, -0.2) is 69.3 Å². The van der Waals surface area contributed by atoms with Crippen molar-refractivity contribution in [1.29, 1.82) is 0 Å². The number of aliphatic imine (C=N–C) groups is 1. The van der Waals surface area contributed by atoms with Gasteiger partial charge in [0.2, 0.25) is 5.91 Å². The van der Waals surface area contributed by atoms with Crippen molar-refractivity contribution in [2.75, 3.05) is 45.2 Å². The van der Waals surface area contributed by atoms with Crippen LogP contribution in [-0.2, 0) is 4.79 Å².